The smallest absolute Gasteiger partial charge is 0.158 e. The van der Waals surface area contributed by atoms with Crippen LogP contribution in [0.1, 0.15) is 19.5 Å². The molecule has 22 heavy (non-hydrogen) atoms. The molecule has 0 bridgehead atoms. The quantitative estimate of drug-likeness (QED) is 0.808. The number of nitrogens with zero attached hydrogens (tertiary/aromatic N) is 4. The van der Waals surface area contributed by atoms with Gasteiger partial charge in [0.1, 0.15) is 12.1 Å². The first-order chi connectivity index (χ1) is 10.3. The van der Waals surface area contributed by atoms with Crippen molar-refractivity contribution in [2.75, 3.05) is 0 Å². The third-order valence-corrected chi connectivity index (χ3v) is 3.29. The molecule has 0 fully saturated rings. The van der Waals surface area contributed by atoms with Crippen molar-refractivity contribution in [3.8, 4) is 11.4 Å². The van der Waals surface area contributed by atoms with Gasteiger partial charge in [-0.2, -0.15) is 5.10 Å². The lowest BCUT2D eigenvalue weighted by molar-refractivity contribution is 0.0582. The summed E-state index contributed by atoms with van der Waals surface area (Å²) in [5.74, 6) is 0.304. The Bertz CT molecular complexity index is 831. The number of rotatable bonds is 3. The summed E-state index contributed by atoms with van der Waals surface area (Å²) >= 11 is 0. The van der Waals surface area contributed by atoms with Crippen molar-refractivity contribution in [3.05, 3.63) is 42.1 Å². The van der Waals surface area contributed by atoms with Crippen LogP contribution in [0.4, 0.5) is 4.39 Å². The molecule has 2 heterocycles. The van der Waals surface area contributed by atoms with Crippen molar-refractivity contribution in [2.24, 2.45) is 0 Å². The summed E-state index contributed by atoms with van der Waals surface area (Å²) in [6.07, 6.45) is 1.45. The van der Waals surface area contributed by atoms with Crippen LogP contribution in [0.3, 0.4) is 0 Å². The van der Waals surface area contributed by atoms with Crippen molar-refractivity contribution in [1.29, 1.82) is 0 Å². The van der Waals surface area contributed by atoms with Crippen LogP contribution in [0.2, 0.25) is 0 Å². The van der Waals surface area contributed by atoms with Crippen LogP contribution in [-0.2, 0) is 6.54 Å². The molecule has 0 atom stereocenters. The minimum Gasteiger partial charge on any atom is -0.389 e. The second kappa shape index (κ2) is 5.14. The SMILES string of the molecule is Cc1cc(-c2ncnn2CC(C)(C)O)c2ccc(F)cc2n1. The predicted molar refractivity (Wildman–Crippen MR) is 81.8 cm³/mol. The fourth-order valence-corrected chi connectivity index (χ4v) is 2.47. The molecule has 6 heteroatoms. The van der Waals surface area contributed by atoms with Crippen LogP contribution in [0.15, 0.2) is 30.6 Å². The second-order valence-corrected chi connectivity index (χ2v) is 6.03. The maximum atomic E-state index is 13.4. The van der Waals surface area contributed by atoms with Crippen LogP contribution in [-0.4, -0.2) is 30.5 Å². The molecule has 3 aromatic rings. The maximum absolute atomic E-state index is 13.4. The molecular formula is C16H17FN4O. The van der Waals surface area contributed by atoms with Crippen LogP contribution in [0.25, 0.3) is 22.3 Å². The van der Waals surface area contributed by atoms with Gasteiger partial charge in [0.05, 0.1) is 17.7 Å². The first-order valence-electron chi connectivity index (χ1n) is 7.01. The highest BCUT2D eigenvalue weighted by molar-refractivity contribution is 5.93. The molecule has 0 aliphatic carbocycles. The maximum Gasteiger partial charge on any atom is 0.158 e. The van der Waals surface area contributed by atoms with Gasteiger partial charge >= 0.3 is 0 Å². The number of fused-ring (bicyclic) bond motifs is 1. The van der Waals surface area contributed by atoms with Crippen LogP contribution >= 0.6 is 0 Å². The summed E-state index contributed by atoms with van der Waals surface area (Å²) in [4.78, 5) is 8.67. The molecule has 0 aliphatic heterocycles. The van der Waals surface area contributed by atoms with E-state index >= 15 is 0 Å². The Morgan fingerprint density at radius 3 is 2.77 bits per heavy atom. The van der Waals surface area contributed by atoms with Gasteiger partial charge in [-0.15, -0.1) is 0 Å². The molecule has 0 amide bonds. The zero-order valence-corrected chi connectivity index (χ0v) is 12.7. The monoisotopic (exact) mass is 300 g/mol. The number of halogens is 1. The lowest BCUT2D eigenvalue weighted by Crippen LogP contribution is -2.27. The predicted octanol–water partition coefficient (Wildman–Crippen LogP) is 2.71. The molecule has 1 aromatic carbocycles. The van der Waals surface area contributed by atoms with E-state index in [2.05, 4.69) is 15.1 Å². The lowest BCUT2D eigenvalue weighted by Gasteiger charge is -2.18. The Balaban J connectivity index is 2.21. The van der Waals surface area contributed by atoms with E-state index in [9.17, 15) is 9.50 Å². The Morgan fingerprint density at radius 2 is 2.05 bits per heavy atom. The van der Waals surface area contributed by atoms with Crippen molar-refractivity contribution >= 4 is 10.9 Å². The van der Waals surface area contributed by atoms with Gasteiger partial charge < -0.3 is 5.11 Å². The second-order valence-electron chi connectivity index (χ2n) is 6.03. The van der Waals surface area contributed by atoms with E-state index in [4.69, 9.17) is 0 Å². The van der Waals surface area contributed by atoms with E-state index in [0.717, 1.165) is 16.6 Å². The Labute approximate surface area is 127 Å². The average Bonchev–Trinajstić information content (AvgIpc) is 2.82. The Morgan fingerprint density at radius 1 is 1.27 bits per heavy atom. The van der Waals surface area contributed by atoms with E-state index in [1.807, 2.05) is 13.0 Å². The molecular weight excluding hydrogens is 283 g/mol. The molecule has 0 unspecified atom stereocenters. The Hall–Kier alpha value is -2.34. The van der Waals surface area contributed by atoms with E-state index in [0.29, 0.717) is 17.9 Å². The van der Waals surface area contributed by atoms with Gasteiger partial charge in [0, 0.05) is 22.7 Å². The highest BCUT2D eigenvalue weighted by atomic mass is 19.1. The number of pyridine rings is 1. The number of hydrogen-bond acceptors (Lipinski definition) is 4. The van der Waals surface area contributed by atoms with Gasteiger partial charge in [-0.1, -0.05) is 0 Å². The van der Waals surface area contributed by atoms with Crippen LogP contribution in [0.5, 0.6) is 0 Å². The minimum absolute atomic E-state index is 0.312. The van der Waals surface area contributed by atoms with E-state index in [1.165, 1.54) is 18.5 Å². The molecule has 1 N–H and O–H groups in total. The zero-order chi connectivity index (χ0) is 15.9. The molecule has 114 valence electrons. The van der Waals surface area contributed by atoms with Crippen LogP contribution in [0, 0.1) is 12.7 Å². The number of hydrogen-bond donors (Lipinski definition) is 1. The summed E-state index contributed by atoms with van der Waals surface area (Å²) in [5.41, 5.74) is 1.26. The largest absolute Gasteiger partial charge is 0.389 e. The van der Waals surface area contributed by atoms with Crippen molar-refractivity contribution in [2.45, 2.75) is 32.9 Å². The molecule has 2 aromatic heterocycles. The minimum atomic E-state index is -0.910. The zero-order valence-electron chi connectivity index (χ0n) is 12.7. The van der Waals surface area contributed by atoms with Crippen LogP contribution < -0.4 is 0 Å². The highest BCUT2D eigenvalue weighted by Crippen LogP contribution is 2.28. The molecule has 0 radical (unpaired) electrons. The fourth-order valence-electron chi connectivity index (χ4n) is 2.47. The van der Waals surface area contributed by atoms with E-state index < -0.39 is 5.60 Å². The van der Waals surface area contributed by atoms with Crippen molar-refractivity contribution < 1.29 is 9.50 Å². The third-order valence-electron chi connectivity index (χ3n) is 3.29. The van der Waals surface area contributed by atoms with Crippen molar-refractivity contribution in [1.82, 2.24) is 19.7 Å². The average molecular weight is 300 g/mol. The number of aryl methyl sites for hydroxylation is 1. The number of aromatic nitrogens is 4. The summed E-state index contributed by atoms with van der Waals surface area (Å²) in [7, 11) is 0. The summed E-state index contributed by atoms with van der Waals surface area (Å²) in [6, 6.07) is 6.39. The molecule has 0 saturated carbocycles. The third kappa shape index (κ3) is 2.82. The van der Waals surface area contributed by atoms with Crippen molar-refractivity contribution in [3.63, 3.8) is 0 Å². The Kier molecular flexibility index (Phi) is 3.41. The number of benzene rings is 1. The van der Waals surface area contributed by atoms with Gasteiger partial charge in [0.25, 0.3) is 0 Å². The van der Waals surface area contributed by atoms with E-state index in [1.54, 1.807) is 24.6 Å². The highest BCUT2D eigenvalue weighted by Gasteiger charge is 2.19. The summed E-state index contributed by atoms with van der Waals surface area (Å²) < 4.78 is 15.1. The molecule has 0 spiro atoms. The van der Waals surface area contributed by atoms with Gasteiger partial charge in [-0.05, 0) is 39.0 Å². The van der Waals surface area contributed by atoms with E-state index in [-0.39, 0.29) is 5.82 Å². The first-order valence-corrected chi connectivity index (χ1v) is 7.01. The molecule has 0 saturated heterocycles. The molecule has 3 rings (SSSR count). The topological polar surface area (TPSA) is 63.8 Å². The lowest BCUT2D eigenvalue weighted by atomic mass is 10.1. The normalized spacial score (nSPS) is 12.0. The molecule has 0 aliphatic rings. The standard InChI is InChI=1S/C16H17FN4O/c1-10-6-13(12-5-4-11(17)7-14(12)20-10)15-18-9-19-21(15)8-16(2,3)22/h4-7,9,22H,8H2,1-3H3. The van der Waals surface area contributed by atoms with Gasteiger partial charge in [0.15, 0.2) is 5.82 Å². The number of aliphatic hydroxyl groups is 1. The fraction of sp³-hybridized carbons (Fsp3) is 0.312. The van der Waals surface area contributed by atoms with Gasteiger partial charge in [-0.25, -0.2) is 14.1 Å². The molecule has 5 nitrogen and oxygen atoms in total. The summed E-state index contributed by atoms with van der Waals surface area (Å²) in [6.45, 7) is 5.59. The summed E-state index contributed by atoms with van der Waals surface area (Å²) in [5, 5.41) is 15.0. The van der Waals surface area contributed by atoms with Gasteiger partial charge in [-0.3, -0.25) is 4.98 Å². The first kappa shape index (κ1) is 14.6. The van der Waals surface area contributed by atoms with Gasteiger partial charge in [0.2, 0.25) is 0 Å².